The molecule has 0 bridgehead atoms. The van der Waals surface area contributed by atoms with E-state index in [1.54, 1.807) is 0 Å². The third-order valence-corrected chi connectivity index (χ3v) is 13.7. The third kappa shape index (κ3) is 6.16. The lowest BCUT2D eigenvalue weighted by Gasteiger charge is -2.15. The number of hydrogen-bond donors (Lipinski definition) is 0. The van der Waals surface area contributed by atoms with E-state index in [0.29, 0.717) is 17.6 Å². The highest BCUT2D eigenvalue weighted by Crippen LogP contribution is 2.43. The van der Waals surface area contributed by atoms with Crippen LogP contribution in [0.4, 0.5) is 0 Å². The van der Waals surface area contributed by atoms with E-state index in [1.165, 1.54) is 21.9 Å². The molecule has 6 nitrogen and oxygen atoms in total. The van der Waals surface area contributed by atoms with Crippen molar-refractivity contribution in [3.8, 4) is 62.4 Å². The Morgan fingerprint density at radius 1 is 0.246 bits per heavy atom. The van der Waals surface area contributed by atoms with Crippen molar-refractivity contribution in [1.29, 1.82) is 0 Å². The van der Waals surface area contributed by atoms with Crippen LogP contribution in [0, 0.1) is 0 Å². The first kappa shape index (κ1) is 38.8. The van der Waals surface area contributed by atoms with E-state index in [9.17, 15) is 0 Å². The van der Waals surface area contributed by atoms with Gasteiger partial charge in [0.15, 0.2) is 11.6 Å². The van der Waals surface area contributed by atoms with Crippen LogP contribution in [0.25, 0.3) is 128 Å². The van der Waals surface area contributed by atoms with Gasteiger partial charge in [0, 0.05) is 54.8 Å². The molecule has 0 aliphatic heterocycles. The minimum absolute atomic E-state index is 0.543. The molecule has 0 N–H and O–H groups in total. The van der Waals surface area contributed by atoms with Crippen LogP contribution in [0.2, 0.25) is 0 Å². The number of benzene rings is 10. The third-order valence-electron chi connectivity index (χ3n) is 13.7. The molecule has 14 aromatic rings. The van der Waals surface area contributed by atoms with Crippen molar-refractivity contribution >= 4 is 65.4 Å². The van der Waals surface area contributed by atoms with Crippen LogP contribution in [-0.4, -0.2) is 28.7 Å². The highest BCUT2D eigenvalue weighted by Gasteiger charge is 2.25. The van der Waals surface area contributed by atoms with Gasteiger partial charge in [-0.2, -0.15) is 9.97 Å². The minimum Gasteiger partial charge on any atom is -0.309 e. The number of aromatic nitrogens is 6. The lowest BCUT2D eigenvalue weighted by atomic mass is 10.00. The summed E-state index contributed by atoms with van der Waals surface area (Å²) in [6.45, 7) is 0. The van der Waals surface area contributed by atoms with Crippen molar-refractivity contribution < 1.29 is 0 Å². The molecule has 0 saturated heterocycles. The second-order valence-corrected chi connectivity index (χ2v) is 17.6. The van der Waals surface area contributed by atoms with Crippen molar-refractivity contribution in [2.75, 3.05) is 0 Å². The van der Waals surface area contributed by atoms with E-state index < -0.39 is 0 Å². The van der Waals surface area contributed by atoms with Gasteiger partial charge in [-0.25, -0.2) is 4.98 Å². The van der Waals surface area contributed by atoms with Crippen LogP contribution in [0.15, 0.2) is 243 Å². The number of fused-ring (bicyclic) bond motifs is 10. The maximum Gasteiger partial charge on any atom is 0.238 e. The first-order chi connectivity index (χ1) is 34.2. The largest absolute Gasteiger partial charge is 0.309 e. The summed E-state index contributed by atoms with van der Waals surface area (Å²) in [5.74, 6) is 1.73. The molecular formula is C63H40N6. The Labute approximate surface area is 397 Å². The van der Waals surface area contributed by atoms with E-state index in [4.69, 9.17) is 15.0 Å². The molecule has 6 heteroatoms. The summed E-state index contributed by atoms with van der Waals surface area (Å²) < 4.78 is 7.06. The van der Waals surface area contributed by atoms with Gasteiger partial charge in [0.1, 0.15) is 0 Å². The lowest BCUT2D eigenvalue weighted by molar-refractivity contribution is 0.953. The van der Waals surface area contributed by atoms with Crippen LogP contribution in [0.5, 0.6) is 0 Å². The van der Waals surface area contributed by atoms with Gasteiger partial charge in [-0.15, -0.1) is 0 Å². The summed E-state index contributed by atoms with van der Waals surface area (Å²) >= 11 is 0. The molecule has 69 heavy (non-hydrogen) atoms. The Morgan fingerprint density at radius 2 is 0.667 bits per heavy atom. The van der Waals surface area contributed by atoms with Crippen LogP contribution in [-0.2, 0) is 0 Å². The molecule has 14 rings (SSSR count). The van der Waals surface area contributed by atoms with Crippen LogP contribution < -0.4 is 0 Å². The van der Waals surface area contributed by atoms with Crippen LogP contribution in [0.1, 0.15) is 0 Å². The van der Waals surface area contributed by atoms with Gasteiger partial charge in [0.25, 0.3) is 0 Å². The summed E-state index contributed by atoms with van der Waals surface area (Å²) in [5, 5.41) is 6.85. The molecular weight excluding hydrogens is 841 g/mol. The molecule has 0 atom stereocenters. The molecule has 0 radical (unpaired) electrons. The molecule has 0 spiro atoms. The van der Waals surface area contributed by atoms with Crippen molar-refractivity contribution in [3.63, 3.8) is 0 Å². The molecule has 4 aromatic heterocycles. The van der Waals surface area contributed by atoms with Crippen molar-refractivity contribution in [1.82, 2.24) is 28.7 Å². The number of nitrogens with zero attached hydrogens (tertiary/aromatic N) is 6. The van der Waals surface area contributed by atoms with Gasteiger partial charge in [0.05, 0.1) is 33.1 Å². The van der Waals surface area contributed by atoms with E-state index >= 15 is 0 Å². The van der Waals surface area contributed by atoms with Gasteiger partial charge < -0.3 is 9.13 Å². The quantitative estimate of drug-likeness (QED) is 0.160. The minimum atomic E-state index is 0.543. The molecule has 0 fully saturated rings. The Morgan fingerprint density at radius 3 is 1.30 bits per heavy atom. The van der Waals surface area contributed by atoms with Crippen molar-refractivity contribution in [3.05, 3.63) is 243 Å². The monoisotopic (exact) mass is 880 g/mol. The highest BCUT2D eigenvalue weighted by molar-refractivity contribution is 6.24. The van der Waals surface area contributed by atoms with E-state index in [1.807, 2.05) is 18.2 Å². The Bertz CT molecular complexity index is 4280. The molecule has 0 aliphatic carbocycles. The average molecular weight is 881 g/mol. The standard InChI is InChI=1S/C63H40N6/c1-4-18-41(19-5-1)42-34-36-43(37-35-42)45-22-16-25-47(40-45)68-56-32-14-11-27-49(56)52-38-39-53-50-28-12-15-33-57(50)69(60(53)59(52)68)63-65-61(44-20-6-2-7-21-44)64-62(66-63)54-30-17-29-51-48-26-10-13-31-55(48)67(58(51)54)46-23-8-3-9-24-46/h1-40H. The van der Waals surface area contributed by atoms with E-state index in [2.05, 4.69) is 238 Å². The number of rotatable bonds is 7. The Balaban J connectivity index is 1.06. The zero-order valence-electron chi connectivity index (χ0n) is 37.3. The van der Waals surface area contributed by atoms with Gasteiger partial charge in [-0.05, 0) is 70.8 Å². The Hall–Kier alpha value is -9.39. The fourth-order valence-corrected chi connectivity index (χ4v) is 10.6. The molecule has 10 aromatic carbocycles. The lowest BCUT2D eigenvalue weighted by Crippen LogP contribution is -2.08. The number of para-hydroxylation sites is 5. The normalized spacial score (nSPS) is 11.8. The molecule has 0 saturated carbocycles. The topological polar surface area (TPSA) is 53.5 Å². The van der Waals surface area contributed by atoms with Gasteiger partial charge in [0.2, 0.25) is 5.95 Å². The van der Waals surface area contributed by atoms with E-state index in [0.717, 1.165) is 88.3 Å². The van der Waals surface area contributed by atoms with E-state index in [-0.39, 0.29) is 0 Å². The predicted molar refractivity (Wildman–Crippen MR) is 285 cm³/mol. The van der Waals surface area contributed by atoms with Gasteiger partial charge in [-0.3, -0.25) is 4.57 Å². The zero-order chi connectivity index (χ0) is 45.4. The fourth-order valence-electron chi connectivity index (χ4n) is 10.6. The predicted octanol–water partition coefficient (Wildman–Crippen LogP) is 15.8. The fraction of sp³-hybridized carbons (Fsp3) is 0. The van der Waals surface area contributed by atoms with Crippen LogP contribution in [0.3, 0.4) is 0 Å². The van der Waals surface area contributed by atoms with Gasteiger partial charge in [-0.1, -0.05) is 194 Å². The second kappa shape index (κ2) is 15.6. The van der Waals surface area contributed by atoms with Crippen molar-refractivity contribution in [2.45, 2.75) is 0 Å². The molecule has 0 unspecified atom stereocenters. The molecule has 0 aliphatic rings. The summed E-state index contributed by atoms with van der Waals surface area (Å²) in [5.41, 5.74) is 15.1. The summed E-state index contributed by atoms with van der Waals surface area (Å²) in [4.78, 5) is 16.4. The molecule has 322 valence electrons. The van der Waals surface area contributed by atoms with Crippen LogP contribution >= 0.6 is 0 Å². The summed E-state index contributed by atoms with van der Waals surface area (Å²) in [7, 11) is 0. The molecule has 4 heterocycles. The first-order valence-corrected chi connectivity index (χ1v) is 23.4. The smallest absolute Gasteiger partial charge is 0.238 e. The summed E-state index contributed by atoms with van der Waals surface area (Å²) in [6, 6.07) is 86.2. The average Bonchev–Trinajstić information content (AvgIpc) is 4.08. The number of hydrogen-bond acceptors (Lipinski definition) is 3. The second-order valence-electron chi connectivity index (χ2n) is 17.6. The SMILES string of the molecule is c1ccc(-c2ccc(-c3cccc(-n4c5ccccc5c5ccc6c7ccccc7n(-c7nc(-c8ccccc8)nc(-c8cccc9c%10ccccc%10n(-c%10ccccc%10)c89)n7)c6c54)c3)cc2)cc1. The zero-order valence-corrected chi connectivity index (χ0v) is 37.3. The maximum atomic E-state index is 5.59. The maximum absolute atomic E-state index is 5.59. The first-order valence-electron chi connectivity index (χ1n) is 23.4. The van der Waals surface area contributed by atoms with Gasteiger partial charge >= 0.3 is 0 Å². The summed E-state index contributed by atoms with van der Waals surface area (Å²) in [6.07, 6.45) is 0. The highest BCUT2D eigenvalue weighted by atomic mass is 15.2. The Kier molecular flexibility index (Phi) is 8.79. The molecule has 0 amide bonds. The van der Waals surface area contributed by atoms with Crippen molar-refractivity contribution in [2.24, 2.45) is 0 Å².